The van der Waals surface area contributed by atoms with Gasteiger partial charge in [0.1, 0.15) is 5.75 Å². The van der Waals surface area contributed by atoms with Gasteiger partial charge < -0.3 is 20.3 Å². The first-order valence-electron chi connectivity index (χ1n) is 6.04. The van der Waals surface area contributed by atoms with Crippen LogP contribution in [0.2, 0.25) is 0 Å². The van der Waals surface area contributed by atoms with E-state index in [1.54, 1.807) is 0 Å². The summed E-state index contributed by atoms with van der Waals surface area (Å²) in [6, 6.07) is 5.76. The third kappa shape index (κ3) is 3.37. The molecular weight excluding hydrogens is 234 g/mol. The maximum absolute atomic E-state index is 10.4. The molecule has 0 radical (unpaired) electrons. The Kier molecular flexibility index (Phi) is 4.04. The number of benzene rings is 1. The van der Waals surface area contributed by atoms with Crippen molar-refractivity contribution >= 4 is 11.7 Å². The van der Waals surface area contributed by atoms with Crippen molar-refractivity contribution in [3.05, 3.63) is 23.8 Å². The average Bonchev–Trinajstić information content (AvgIpc) is 2.35. The van der Waals surface area contributed by atoms with Crippen molar-refractivity contribution in [2.24, 2.45) is 0 Å². The molecule has 1 aliphatic rings. The number of aliphatic hydroxyl groups is 1. The van der Waals surface area contributed by atoms with Gasteiger partial charge in [0.2, 0.25) is 0 Å². The van der Waals surface area contributed by atoms with Crippen LogP contribution in [0.1, 0.15) is 18.4 Å². The number of aliphatic hydroxyl groups excluding tert-OH is 1. The number of ether oxygens (including phenoxy) is 1. The van der Waals surface area contributed by atoms with Gasteiger partial charge in [0.25, 0.3) is 0 Å². The van der Waals surface area contributed by atoms with Gasteiger partial charge in [-0.3, -0.25) is 4.79 Å². The highest BCUT2D eigenvalue weighted by Gasteiger charge is 2.12. The molecule has 0 spiro atoms. The zero-order valence-corrected chi connectivity index (χ0v) is 10.1. The minimum Gasteiger partial charge on any atom is -0.493 e. The summed E-state index contributed by atoms with van der Waals surface area (Å²) in [4.78, 5) is 10.4. The molecule has 1 aromatic carbocycles. The molecule has 1 aromatic rings. The molecule has 5 heteroatoms. The Bertz CT molecular complexity index is 433. The third-order valence-electron chi connectivity index (χ3n) is 2.86. The summed E-state index contributed by atoms with van der Waals surface area (Å²) in [5.41, 5.74) is 2.03. The van der Waals surface area contributed by atoms with Crippen LogP contribution in [0.3, 0.4) is 0 Å². The second kappa shape index (κ2) is 5.73. The van der Waals surface area contributed by atoms with E-state index in [1.165, 1.54) is 0 Å². The van der Waals surface area contributed by atoms with Crippen molar-refractivity contribution in [1.82, 2.24) is 0 Å². The standard InChI is InChI=1S/C13H17NO4/c15-11(7-13(16)17)8-14-10-3-4-12-9(6-10)2-1-5-18-12/h3-4,6,11,14-15H,1-2,5,7-8H2,(H,16,17). The van der Waals surface area contributed by atoms with E-state index < -0.39 is 12.1 Å². The Balaban J connectivity index is 1.91. The van der Waals surface area contributed by atoms with Gasteiger partial charge in [-0.25, -0.2) is 0 Å². The summed E-state index contributed by atoms with van der Waals surface area (Å²) < 4.78 is 5.50. The Labute approximate surface area is 105 Å². The number of hydrogen-bond donors (Lipinski definition) is 3. The van der Waals surface area contributed by atoms with Crippen molar-refractivity contribution in [2.45, 2.75) is 25.4 Å². The fourth-order valence-electron chi connectivity index (χ4n) is 1.98. The first kappa shape index (κ1) is 12.7. The van der Waals surface area contributed by atoms with Crippen molar-refractivity contribution in [3.63, 3.8) is 0 Å². The molecule has 0 amide bonds. The molecule has 1 heterocycles. The number of hydrogen-bond acceptors (Lipinski definition) is 4. The Hall–Kier alpha value is -1.75. The first-order valence-corrected chi connectivity index (χ1v) is 6.04. The second-order valence-electron chi connectivity index (χ2n) is 4.41. The highest BCUT2D eigenvalue weighted by atomic mass is 16.5. The molecule has 0 aromatic heterocycles. The molecule has 0 saturated carbocycles. The molecule has 0 aliphatic carbocycles. The van der Waals surface area contributed by atoms with Crippen LogP contribution < -0.4 is 10.1 Å². The molecule has 0 fully saturated rings. The highest BCUT2D eigenvalue weighted by molar-refractivity contribution is 5.67. The van der Waals surface area contributed by atoms with Gasteiger partial charge in [0.15, 0.2) is 0 Å². The van der Waals surface area contributed by atoms with Gasteiger partial charge in [0, 0.05) is 12.2 Å². The van der Waals surface area contributed by atoms with Crippen LogP contribution in [0.5, 0.6) is 5.75 Å². The lowest BCUT2D eigenvalue weighted by Crippen LogP contribution is -2.22. The van der Waals surface area contributed by atoms with E-state index in [4.69, 9.17) is 9.84 Å². The predicted octanol–water partition coefficient (Wildman–Crippen LogP) is 1.26. The minimum absolute atomic E-state index is 0.228. The van der Waals surface area contributed by atoms with Gasteiger partial charge in [0.05, 0.1) is 19.1 Å². The van der Waals surface area contributed by atoms with E-state index >= 15 is 0 Å². The number of carboxylic acids is 1. The SMILES string of the molecule is O=C(O)CC(O)CNc1ccc2c(c1)CCCO2. The van der Waals surface area contributed by atoms with E-state index in [2.05, 4.69) is 5.32 Å². The predicted molar refractivity (Wildman–Crippen MR) is 67.0 cm³/mol. The first-order chi connectivity index (χ1) is 8.65. The van der Waals surface area contributed by atoms with Crippen molar-refractivity contribution < 1.29 is 19.7 Å². The average molecular weight is 251 g/mol. The second-order valence-corrected chi connectivity index (χ2v) is 4.41. The van der Waals surface area contributed by atoms with E-state index in [1.807, 2.05) is 18.2 Å². The Morgan fingerprint density at radius 3 is 3.11 bits per heavy atom. The zero-order chi connectivity index (χ0) is 13.0. The smallest absolute Gasteiger partial charge is 0.306 e. The van der Waals surface area contributed by atoms with E-state index in [9.17, 15) is 9.90 Å². The van der Waals surface area contributed by atoms with Crippen LogP contribution in [-0.2, 0) is 11.2 Å². The summed E-state index contributed by atoms with van der Waals surface area (Å²) >= 11 is 0. The van der Waals surface area contributed by atoms with Crippen LogP contribution in [0.25, 0.3) is 0 Å². The number of rotatable bonds is 5. The zero-order valence-electron chi connectivity index (χ0n) is 10.1. The number of fused-ring (bicyclic) bond motifs is 1. The molecule has 1 unspecified atom stereocenters. The lowest BCUT2D eigenvalue weighted by Gasteiger charge is -2.18. The lowest BCUT2D eigenvalue weighted by atomic mass is 10.1. The molecule has 98 valence electrons. The number of anilines is 1. The molecule has 0 saturated heterocycles. The fraction of sp³-hybridized carbons (Fsp3) is 0.462. The molecule has 3 N–H and O–H groups in total. The van der Waals surface area contributed by atoms with E-state index in [0.717, 1.165) is 36.4 Å². The third-order valence-corrected chi connectivity index (χ3v) is 2.86. The molecule has 2 rings (SSSR count). The van der Waals surface area contributed by atoms with Crippen molar-refractivity contribution in [2.75, 3.05) is 18.5 Å². The van der Waals surface area contributed by atoms with Crippen LogP contribution in [0.4, 0.5) is 5.69 Å². The van der Waals surface area contributed by atoms with Crippen LogP contribution in [-0.4, -0.2) is 35.4 Å². The molecule has 18 heavy (non-hydrogen) atoms. The van der Waals surface area contributed by atoms with Crippen LogP contribution in [0, 0.1) is 0 Å². The normalized spacial score (nSPS) is 15.4. The van der Waals surface area contributed by atoms with E-state index in [-0.39, 0.29) is 13.0 Å². The van der Waals surface area contributed by atoms with E-state index in [0.29, 0.717) is 0 Å². The quantitative estimate of drug-likeness (QED) is 0.734. The minimum atomic E-state index is -0.997. The summed E-state index contributed by atoms with van der Waals surface area (Å²) in [6.45, 7) is 0.989. The highest BCUT2D eigenvalue weighted by Crippen LogP contribution is 2.27. The van der Waals surface area contributed by atoms with Crippen molar-refractivity contribution in [3.8, 4) is 5.75 Å². The summed E-state index contributed by atoms with van der Waals surface area (Å²) in [6.07, 6.45) is 0.872. The lowest BCUT2D eigenvalue weighted by molar-refractivity contribution is -0.138. The Morgan fingerprint density at radius 1 is 1.50 bits per heavy atom. The van der Waals surface area contributed by atoms with Crippen LogP contribution in [0.15, 0.2) is 18.2 Å². The van der Waals surface area contributed by atoms with Gasteiger partial charge in [-0.05, 0) is 36.6 Å². The molecule has 1 atom stereocenters. The molecular formula is C13H17NO4. The number of nitrogens with one attached hydrogen (secondary N) is 1. The molecule has 5 nitrogen and oxygen atoms in total. The number of carbonyl (C=O) groups is 1. The monoisotopic (exact) mass is 251 g/mol. The van der Waals surface area contributed by atoms with Gasteiger partial charge in [-0.1, -0.05) is 0 Å². The van der Waals surface area contributed by atoms with Crippen molar-refractivity contribution in [1.29, 1.82) is 0 Å². The summed E-state index contributed by atoms with van der Waals surface area (Å²) in [7, 11) is 0. The maximum Gasteiger partial charge on any atom is 0.306 e. The van der Waals surface area contributed by atoms with Gasteiger partial charge in [-0.2, -0.15) is 0 Å². The fourth-order valence-corrected chi connectivity index (χ4v) is 1.98. The summed E-state index contributed by atoms with van der Waals surface area (Å²) in [5, 5.41) is 21.0. The largest absolute Gasteiger partial charge is 0.493 e. The van der Waals surface area contributed by atoms with Gasteiger partial charge >= 0.3 is 5.97 Å². The molecule has 0 bridgehead atoms. The number of aryl methyl sites for hydroxylation is 1. The topological polar surface area (TPSA) is 78.8 Å². The number of aliphatic carboxylic acids is 1. The maximum atomic E-state index is 10.4. The van der Waals surface area contributed by atoms with Crippen LogP contribution >= 0.6 is 0 Å². The molecule has 1 aliphatic heterocycles. The van der Waals surface area contributed by atoms with Gasteiger partial charge in [-0.15, -0.1) is 0 Å². The summed E-state index contributed by atoms with van der Waals surface area (Å²) in [5.74, 6) is -0.0824. The number of carboxylic acid groups (broad SMARTS) is 1. The Morgan fingerprint density at radius 2 is 2.33 bits per heavy atom.